The number of anilines is 2. The van der Waals surface area contributed by atoms with Gasteiger partial charge < -0.3 is 15.4 Å². The molecule has 0 unspecified atom stereocenters. The molecule has 0 spiro atoms. The molecule has 4 aromatic rings. The summed E-state index contributed by atoms with van der Waals surface area (Å²) >= 11 is 0. The van der Waals surface area contributed by atoms with Crippen molar-refractivity contribution in [2.24, 2.45) is 0 Å². The molecule has 32 heavy (non-hydrogen) atoms. The average molecular weight is 428 g/mol. The Labute approximate surface area is 184 Å². The first-order valence-electron chi connectivity index (χ1n) is 10.2. The molecule has 0 radical (unpaired) electrons. The first-order valence-corrected chi connectivity index (χ1v) is 10.2. The normalized spacial score (nSPS) is 15.3. The number of aromatic nitrogens is 2. The molecule has 160 valence electrons. The van der Waals surface area contributed by atoms with Crippen LogP contribution in [-0.2, 0) is 4.79 Å². The van der Waals surface area contributed by atoms with Gasteiger partial charge in [-0.15, -0.1) is 0 Å². The lowest BCUT2D eigenvalue weighted by Crippen LogP contribution is -2.30. The van der Waals surface area contributed by atoms with Crippen LogP contribution in [0, 0.1) is 5.82 Å². The number of fused-ring (bicyclic) bond motifs is 3. The number of imidazole rings is 1. The molecule has 0 bridgehead atoms. The molecule has 0 saturated heterocycles. The van der Waals surface area contributed by atoms with Gasteiger partial charge in [0.25, 0.3) is 5.91 Å². The van der Waals surface area contributed by atoms with Crippen LogP contribution in [-0.4, -0.2) is 22.6 Å². The number of benzene rings is 3. The van der Waals surface area contributed by atoms with Crippen molar-refractivity contribution in [1.82, 2.24) is 9.55 Å². The van der Waals surface area contributed by atoms with E-state index in [2.05, 4.69) is 10.6 Å². The first kappa shape index (κ1) is 19.8. The molecule has 6 nitrogen and oxygen atoms in total. The van der Waals surface area contributed by atoms with Gasteiger partial charge in [-0.3, -0.25) is 9.36 Å². The Hall–Kier alpha value is -4.13. The van der Waals surface area contributed by atoms with Crippen LogP contribution in [0.25, 0.3) is 11.0 Å². The maximum atomic E-state index is 13.7. The van der Waals surface area contributed by atoms with Crippen molar-refractivity contribution >= 4 is 28.6 Å². The highest BCUT2D eigenvalue weighted by Crippen LogP contribution is 2.39. The minimum Gasteiger partial charge on any atom is -0.497 e. The van der Waals surface area contributed by atoms with E-state index in [4.69, 9.17) is 9.72 Å². The lowest BCUT2D eigenvalue weighted by molar-refractivity contribution is -0.113. The van der Waals surface area contributed by atoms with Gasteiger partial charge in [0.2, 0.25) is 5.95 Å². The number of carbonyl (C=O) groups excluding carboxylic acids is 1. The highest BCUT2D eigenvalue weighted by Gasteiger charge is 2.34. The Kier molecular flexibility index (Phi) is 4.86. The summed E-state index contributed by atoms with van der Waals surface area (Å²) in [7, 11) is 1.59. The molecule has 0 aliphatic carbocycles. The number of hydrogen-bond donors (Lipinski definition) is 2. The fraction of sp³-hybridized carbons (Fsp3) is 0.120. The van der Waals surface area contributed by atoms with E-state index in [0.717, 1.165) is 16.6 Å². The lowest BCUT2D eigenvalue weighted by atomic mass is 9.94. The van der Waals surface area contributed by atoms with Crippen molar-refractivity contribution in [3.05, 3.63) is 95.4 Å². The predicted octanol–water partition coefficient (Wildman–Crippen LogP) is 5.11. The summed E-state index contributed by atoms with van der Waals surface area (Å²) in [5.74, 6) is 0.761. The van der Waals surface area contributed by atoms with Gasteiger partial charge >= 0.3 is 0 Å². The summed E-state index contributed by atoms with van der Waals surface area (Å²) in [4.78, 5) is 18.2. The predicted molar refractivity (Wildman–Crippen MR) is 122 cm³/mol. The highest BCUT2D eigenvalue weighted by molar-refractivity contribution is 6.06. The summed E-state index contributed by atoms with van der Waals surface area (Å²) in [6.45, 7) is 1.85. The van der Waals surface area contributed by atoms with Gasteiger partial charge in [-0.1, -0.05) is 24.3 Å². The quantitative estimate of drug-likeness (QED) is 0.474. The molecule has 3 aromatic carbocycles. The third kappa shape index (κ3) is 3.37. The maximum Gasteiger partial charge on any atom is 0.255 e. The number of para-hydroxylation sites is 2. The van der Waals surface area contributed by atoms with Crippen LogP contribution in [0.3, 0.4) is 0 Å². The molecule has 7 heteroatoms. The number of rotatable bonds is 4. The second kappa shape index (κ2) is 7.85. The molecule has 5 rings (SSSR count). The SMILES string of the molecule is COc1ccc(NC(=O)C2=C(C)Nc3nc4ccccc4n3[C@@H]2c2ccc(F)cc2)cc1. The molecule has 1 aliphatic rings. The van der Waals surface area contributed by atoms with E-state index in [-0.39, 0.29) is 11.7 Å². The van der Waals surface area contributed by atoms with E-state index in [1.54, 1.807) is 43.5 Å². The summed E-state index contributed by atoms with van der Waals surface area (Å²) in [6.07, 6.45) is 0. The summed E-state index contributed by atoms with van der Waals surface area (Å²) < 4.78 is 20.9. The third-order valence-electron chi connectivity index (χ3n) is 5.61. The van der Waals surface area contributed by atoms with E-state index >= 15 is 0 Å². The van der Waals surface area contributed by atoms with E-state index in [9.17, 15) is 9.18 Å². The van der Waals surface area contributed by atoms with Gasteiger partial charge in [0.15, 0.2) is 0 Å². The smallest absolute Gasteiger partial charge is 0.255 e. The highest BCUT2D eigenvalue weighted by atomic mass is 19.1. The van der Waals surface area contributed by atoms with Crippen LogP contribution in [0.5, 0.6) is 5.75 Å². The van der Waals surface area contributed by atoms with Gasteiger partial charge in [-0.2, -0.15) is 0 Å². The van der Waals surface area contributed by atoms with Crippen LogP contribution in [0.4, 0.5) is 16.0 Å². The maximum absolute atomic E-state index is 13.7. The zero-order valence-corrected chi connectivity index (χ0v) is 17.6. The van der Waals surface area contributed by atoms with Gasteiger partial charge in [0, 0.05) is 11.4 Å². The molecule has 0 fully saturated rings. The van der Waals surface area contributed by atoms with E-state index < -0.39 is 6.04 Å². The van der Waals surface area contributed by atoms with Crippen LogP contribution in [0.2, 0.25) is 0 Å². The molecule has 2 N–H and O–H groups in total. The Bertz CT molecular complexity index is 1340. The van der Waals surface area contributed by atoms with Crippen molar-refractivity contribution in [3.8, 4) is 5.75 Å². The number of methoxy groups -OCH3 is 1. The van der Waals surface area contributed by atoms with Crippen LogP contribution in [0.1, 0.15) is 18.5 Å². The number of hydrogen-bond acceptors (Lipinski definition) is 4. The number of nitrogens with zero attached hydrogens (tertiary/aromatic N) is 2. The second-order valence-electron chi connectivity index (χ2n) is 7.59. The molecule has 0 saturated carbocycles. The standard InChI is InChI=1S/C25H21FN4O2/c1-15-22(24(31)28-18-11-13-19(32-2)14-12-18)23(16-7-9-17(26)10-8-16)30-21-6-4-3-5-20(21)29-25(30)27-15/h3-14,23H,1-2H3,(H,27,29)(H,28,31)/t23-/m1/s1. The topological polar surface area (TPSA) is 68.2 Å². The van der Waals surface area contributed by atoms with Crippen LogP contribution in [0.15, 0.2) is 84.1 Å². The van der Waals surface area contributed by atoms with E-state index in [1.165, 1.54) is 12.1 Å². The van der Waals surface area contributed by atoms with Crippen molar-refractivity contribution in [1.29, 1.82) is 0 Å². The van der Waals surface area contributed by atoms with Crippen molar-refractivity contribution in [2.75, 3.05) is 17.7 Å². The largest absolute Gasteiger partial charge is 0.497 e. The number of halogens is 1. The molecule has 1 aliphatic heterocycles. The Morgan fingerprint density at radius 2 is 1.78 bits per heavy atom. The van der Waals surface area contributed by atoms with Crippen LogP contribution < -0.4 is 15.4 Å². The number of allylic oxidation sites excluding steroid dienone is 1. The third-order valence-corrected chi connectivity index (χ3v) is 5.61. The molecule has 1 amide bonds. The molecular weight excluding hydrogens is 407 g/mol. The Balaban J connectivity index is 1.62. The average Bonchev–Trinajstić information content (AvgIpc) is 3.17. The zero-order valence-electron chi connectivity index (χ0n) is 17.6. The second-order valence-corrected chi connectivity index (χ2v) is 7.59. The summed E-state index contributed by atoms with van der Waals surface area (Å²) in [5.41, 5.74) is 4.35. The number of ether oxygens (including phenoxy) is 1. The fourth-order valence-corrected chi connectivity index (χ4v) is 4.09. The van der Waals surface area contributed by atoms with Crippen LogP contribution >= 0.6 is 0 Å². The number of carbonyl (C=O) groups is 1. The van der Waals surface area contributed by atoms with Gasteiger partial charge in [-0.25, -0.2) is 9.37 Å². The molecule has 2 heterocycles. The van der Waals surface area contributed by atoms with Gasteiger partial charge in [0.1, 0.15) is 11.6 Å². The minimum atomic E-state index is -0.475. The lowest BCUT2D eigenvalue weighted by Gasteiger charge is -2.30. The zero-order chi connectivity index (χ0) is 22.2. The Morgan fingerprint density at radius 1 is 1.06 bits per heavy atom. The van der Waals surface area contributed by atoms with Crippen molar-refractivity contribution in [2.45, 2.75) is 13.0 Å². The minimum absolute atomic E-state index is 0.252. The van der Waals surface area contributed by atoms with Crippen molar-refractivity contribution in [3.63, 3.8) is 0 Å². The van der Waals surface area contributed by atoms with E-state index in [1.807, 2.05) is 35.8 Å². The summed E-state index contributed by atoms with van der Waals surface area (Å²) in [6, 6.07) is 20.6. The monoisotopic (exact) mass is 428 g/mol. The first-order chi connectivity index (χ1) is 15.5. The number of amides is 1. The molecule has 1 aromatic heterocycles. The molecular formula is C25H21FN4O2. The van der Waals surface area contributed by atoms with E-state index in [0.29, 0.717) is 28.7 Å². The molecule has 1 atom stereocenters. The van der Waals surface area contributed by atoms with Gasteiger partial charge in [0.05, 0.1) is 29.8 Å². The number of nitrogens with one attached hydrogen (secondary N) is 2. The summed E-state index contributed by atoms with van der Waals surface area (Å²) in [5, 5.41) is 6.25. The Morgan fingerprint density at radius 3 is 2.50 bits per heavy atom. The van der Waals surface area contributed by atoms with Gasteiger partial charge in [-0.05, 0) is 61.0 Å². The van der Waals surface area contributed by atoms with Crippen molar-refractivity contribution < 1.29 is 13.9 Å². The fourth-order valence-electron chi connectivity index (χ4n) is 4.09.